The number of carbonyl (C=O) groups excluding carboxylic acids is 1. The Morgan fingerprint density at radius 3 is 2.32 bits per heavy atom. The molecule has 2 N–H and O–H groups in total. The first-order valence-corrected chi connectivity index (χ1v) is 7.95. The van der Waals surface area contributed by atoms with Gasteiger partial charge in [-0.3, -0.25) is 9.36 Å². The van der Waals surface area contributed by atoms with Gasteiger partial charge in [-0.15, -0.1) is 10.2 Å². The first-order chi connectivity index (χ1) is 12.1. The van der Waals surface area contributed by atoms with E-state index < -0.39 is 5.91 Å². The van der Waals surface area contributed by atoms with Crippen LogP contribution in [-0.4, -0.2) is 47.0 Å². The molecule has 9 nitrogen and oxygen atoms in total. The van der Waals surface area contributed by atoms with Crippen molar-refractivity contribution >= 4 is 17.2 Å². The van der Waals surface area contributed by atoms with Crippen LogP contribution in [0, 0.1) is 0 Å². The molecule has 130 valence electrons. The summed E-state index contributed by atoms with van der Waals surface area (Å²) in [5, 5.41) is 10.2. The van der Waals surface area contributed by atoms with Gasteiger partial charge in [0.2, 0.25) is 5.82 Å². The summed E-state index contributed by atoms with van der Waals surface area (Å²) in [6.45, 7) is 0. The number of primary amides is 1. The molecule has 0 aliphatic rings. The zero-order chi connectivity index (χ0) is 18.0. The van der Waals surface area contributed by atoms with Crippen molar-refractivity contribution in [1.29, 1.82) is 0 Å². The number of nitrogens with two attached hydrogens (primary N) is 1. The molecule has 2 aromatic heterocycles. The lowest BCUT2D eigenvalue weighted by molar-refractivity contribution is 0.0988. The summed E-state index contributed by atoms with van der Waals surface area (Å²) in [7, 11) is 4.54. The van der Waals surface area contributed by atoms with Crippen molar-refractivity contribution in [3.05, 3.63) is 29.4 Å². The van der Waals surface area contributed by atoms with Crippen molar-refractivity contribution in [2.45, 2.75) is 0 Å². The van der Waals surface area contributed by atoms with Crippen LogP contribution in [-0.2, 0) is 0 Å². The van der Waals surface area contributed by atoms with Gasteiger partial charge in [-0.1, -0.05) is 17.4 Å². The number of hydrogen-bond donors (Lipinski definition) is 1. The molecule has 0 atom stereocenters. The summed E-state index contributed by atoms with van der Waals surface area (Å²) in [6, 6.07) is 5.23. The average Bonchev–Trinajstić information content (AvgIpc) is 3.27. The highest BCUT2D eigenvalue weighted by Crippen LogP contribution is 2.36. The van der Waals surface area contributed by atoms with Crippen LogP contribution in [0.4, 0.5) is 0 Å². The Labute approximate surface area is 147 Å². The largest absolute Gasteiger partial charge is 0.494 e. The van der Waals surface area contributed by atoms with Crippen LogP contribution >= 0.6 is 11.3 Å². The predicted molar refractivity (Wildman–Crippen MR) is 90.6 cm³/mol. The van der Waals surface area contributed by atoms with E-state index in [1.165, 1.54) is 37.2 Å². The Morgan fingerprint density at radius 2 is 1.80 bits per heavy atom. The molecule has 0 spiro atoms. The van der Waals surface area contributed by atoms with Crippen molar-refractivity contribution in [1.82, 2.24) is 19.7 Å². The number of hydrogen-bond acceptors (Lipinski definition) is 8. The third-order valence-corrected chi connectivity index (χ3v) is 4.20. The summed E-state index contributed by atoms with van der Waals surface area (Å²) in [5.74, 6) is 0.435. The summed E-state index contributed by atoms with van der Waals surface area (Å²) in [6.07, 6.45) is 0. The predicted octanol–water partition coefficient (Wildman–Crippen LogP) is 1.52. The minimum absolute atomic E-state index is 0.0650. The molecule has 0 aliphatic heterocycles. The molecule has 0 bridgehead atoms. The number of methoxy groups -OCH3 is 3. The van der Waals surface area contributed by atoms with Gasteiger partial charge in [-0.05, 0) is 12.1 Å². The van der Waals surface area contributed by atoms with Crippen LogP contribution in [0.3, 0.4) is 0 Å². The monoisotopic (exact) mass is 361 g/mol. The van der Waals surface area contributed by atoms with Gasteiger partial charge in [0.25, 0.3) is 11.1 Å². The Bertz CT molecular complexity index is 898. The number of para-hydroxylation sites is 1. The number of ether oxygens (including phenoxy) is 3. The van der Waals surface area contributed by atoms with E-state index in [1.54, 1.807) is 23.6 Å². The van der Waals surface area contributed by atoms with E-state index in [0.717, 1.165) is 0 Å². The zero-order valence-electron chi connectivity index (χ0n) is 13.7. The Balaban J connectivity index is 2.32. The van der Waals surface area contributed by atoms with Gasteiger partial charge in [0.05, 0.1) is 21.3 Å². The SMILES string of the molecule is COc1nc(-c2nnc(C(N)=O)n2-c2c(OC)cccc2OC)cs1. The molecule has 10 heteroatoms. The average molecular weight is 361 g/mol. The first-order valence-electron chi connectivity index (χ1n) is 7.07. The summed E-state index contributed by atoms with van der Waals surface area (Å²) in [5.41, 5.74) is 6.40. The molecule has 3 rings (SSSR count). The van der Waals surface area contributed by atoms with E-state index in [4.69, 9.17) is 19.9 Å². The zero-order valence-corrected chi connectivity index (χ0v) is 14.5. The highest BCUT2D eigenvalue weighted by atomic mass is 32.1. The molecule has 2 heterocycles. The van der Waals surface area contributed by atoms with E-state index in [-0.39, 0.29) is 5.82 Å². The number of rotatable bonds is 6. The summed E-state index contributed by atoms with van der Waals surface area (Å²) < 4.78 is 17.4. The molecule has 0 aliphatic carbocycles. The van der Waals surface area contributed by atoms with Crippen molar-refractivity contribution in [2.24, 2.45) is 5.73 Å². The standard InChI is InChI=1S/C15H15N5O4S/c1-22-9-5-4-6-10(23-2)11(9)20-13(18-19-14(20)12(16)21)8-7-25-15(17-8)24-3/h4-7H,1-3H3,(H2,16,21). The first kappa shape index (κ1) is 16.7. The number of thiazole rings is 1. The lowest BCUT2D eigenvalue weighted by atomic mass is 10.2. The topological polar surface area (TPSA) is 114 Å². The van der Waals surface area contributed by atoms with Crippen molar-refractivity contribution in [3.8, 4) is 33.9 Å². The molecule has 25 heavy (non-hydrogen) atoms. The second-order valence-electron chi connectivity index (χ2n) is 4.76. The number of carbonyl (C=O) groups is 1. The Kier molecular flexibility index (Phi) is 4.52. The molecule has 0 saturated heterocycles. The number of benzene rings is 1. The van der Waals surface area contributed by atoms with Crippen LogP contribution in [0.5, 0.6) is 16.7 Å². The fourth-order valence-corrected chi connectivity index (χ4v) is 2.95. The molecular weight excluding hydrogens is 346 g/mol. The lowest BCUT2D eigenvalue weighted by Crippen LogP contribution is -2.18. The van der Waals surface area contributed by atoms with E-state index in [2.05, 4.69) is 15.2 Å². The van der Waals surface area contributed by atoms with Crippen LogP contribution in [0.25, 0.3) is 17.2 Å². The van der Waals surface area contributed by atoms with Crippen LogP contribution in [0.2, 0.25) is 0 Å². The molecule has 3 aromatic rings. The Morgan fingerprint density at radius 1 is 1.12 bits per heavy atom. The smallest absolute Gasteiger partial charge is 0.287 e. The second kappa shape index (κ2) is 6.77. The van der Waals surface area contributed by atoms with Crippen molar-refractivity contribution < 1.29 is 19.0 Å². The fraction of sp³-hybridized carbons (Fsp3) is 0.200. The van der Waals surface area contributed by atoms with Crippen molar-refractivity contribution in [2.75, 3.05) is 21.3 Å². The quantitative estimate of drug-likeness (QED) is 0.708. The minimum Gasteiger partial charge on any atom is -0.494 e. The highest BCUT2D eigenvalue weighted by molar-refractivity contribution is 7.11. The number of nitrogens with zero attached hydrogens (tertiary/aromatic N) is 4. The fourth-order valence-electron chi connectivity index (χ4n) is 2.33. The van der Waals surface area contributed by atoms with E-state index in [0.29, 0.717) is 33.9 Å². The van der Waals surface area contributed by atoms with E-state index in [1.807, 2.05) is 0 Å². The molecule has 1 aromatic carbocycles. The molecule has 0 radical (unpaired) electrons. The minimum atomic E-state index is -0.742. The third-order valence-electron chi connectivity index (χ3n) is 3.40. The maximum absolute atomic E-state index is 11.9. The molecule has 1 amide bonds. The number of aromatic nitrogens is 4. The van der Waals surface area contributed by atoms with Gasteiger partial charge < -0.3 is 19.9 Å². The van der Waals surface area contributed by atoms with E-state index in [9.17, 15) is 4.79 Å². The van der Waals surface area contributed by atoms with Gasteiger partial charge >= 0.3 is 0 Å². The summed E-state index contributed by atoms with van der Waals surface area (Å²) in [4.78, 5) is 16.2. The third kappa shape index (κ3) is 2.87. The maximum Gasteiger partial charge on any atom is 0.287 e. The lowest BCUT2D eigenvalue weighted by Gasteiger charge is -2.15. The second-order valence-corrected chi connectivity index (χ2v) is 5.58. The molecule has 0 saturated carbocycles. The van der Waals surface area contributed by atoms with Gasteiger partial charge in [0.1, 0.15) is 22.9 Å². The van der Waals surface area contributed by atoms with Gasteiger partial charge in [0, 0.05) is 5.38 Å². The van der Waals surface area contributed by atoms with E-state index >= 15 is 0 Å². The molecule has 0 fully saturated rings. The molecular formula is C15H15N5O4S. The van der Waals surface area contributed by atoms with Crippen LogP contribution < -0.4 is 19.9 Å². The molecule has 0 unspecified atom stereocenters. The van der Waals surface area contributed by atoms with Crippen LogP contribution in [0.15, 0.2) is 23.6 Å². The highest BCUT2D eigenvalue weighted by Gasteiger charge is 2.25. The van der Waals surface area contributed by atoms with Gasteiger partial charge in [-0.25, -0.2) is 0 Å². The summed E-state index contributed by atoms with van der Waals surface area (Å²) >= 11 is 1.29. The van der Waals surface area contributed by atoms with Gasteiger partial charge in [-0.2, -0.15) is 4.98 Å². The maximum atomic E-state index is 11.9. The Hall–Kier alpha value is -3.14. The van der Waals surface area contributed by atoms with Crippen molar-refractivity contribution in [3.63, 3.8) is 0 Å². The van der Waals surface area contributed by atoms with Gasteiger partial charge in [0.15, 0.2) is 5.82 Å². The number of amides is 1. The normalized spacial score (nSPS) is 10.5. The van der Waals surface area contributed by atoms with Crippen LogP contribution in [0.1, 0.15) is 10.6 Å².